The molecule has 0 fully saturated rings. The van der Waals surface area contributed by atoms with Gasteiger partial charge in [0.1, 0.15) is 28.0 Å². The van der Waals surface area contributed by atoms with Crippen LogP contribution in [0.2, 0.25) is 0 Å². The average Bonchev–Trinajstić information content (AvgIpc) is 3.24. The van der Waals surface area contributed by atoms with Gasteiger partial charge in [-0.05, 0) is 43.2 Å². The molecule has 0 unspecified atom stereocenters. The van der Waals surface area contributed by atoms with Gasteiger partial charge in [-0.3, -0.25) is 4.79 Å². The van der Waals surface area contributed by atoms with Crippen molar-refractivity contribution in [2.75, 3.05) is 13.7 Å². The standard InChI is InChI=1S/C25H25N3O3S/c1-4-21(25(29)30-3)32-24-22-20(17-9-7-6-8-10-17)15-28(23(22)26-16-27-24)18-11-13-19(14-12-18)31-5-2/h6-16,21H,4-5H2,1-3H3/t21-/m1/s1. The van der Waals surface area contributed by atoms with Crippen molar-refractivity contribution in [1.82, 2.24) is 14.5 Å². The van der Waals surface area contributed by atoms with Gasteiger partial charge in [0.2, 0.25) is 0 Å². The fraction of sp³-hybridized carbons (Fsp3) is 0.240. The maximum Gasteiger partial charge on any atom is 0.319 e. The molecule has 0 amide bonds. The van der Waals surface area contributed by atoms with Gasteiger partial charge in [0.15, 0.2) is 0 Å². The molecule has 2 aromatic carbocycles. The second-order valence-electron chi connectivity index (χ2n) is 7.12. The van der Waals surface area contributed by atoms with Crippen LogP contribution in [0.25, 0.3) is 27.8 Å². The first-order valence-corrected chi connectivity index (χ1v) is 11.4. The minimum absolute atomic E-state index is 0.253. The molecule has 0 N–H and O–H groups in total. The fourth-order valence-corrected chi connectivity index (χ4v) is 4.65. The topological polar surface area (TPSA) is 66.2 Å². The number of thioether (sulfide) groups is 1. The number of hydrogen-bond donors (Lipinski definition) is 0. The van der Waals surface area contributed by atoms with E-state index in [2.05, 4.69) is 32.9 Å². The maximum absolute atomic E-state index is 12.2. The van der Waals surface area contributed by atoms with E-state index >= 15 is 0 Å². The van der Waals surface area contributed by atoms with Crippen molar-refractivity contribution in [1.29, 1.82) is 0 Å². The monoisotopic (exact) mass is 447 g/mol. The summed E-state index contributed by atoms with van der Waals surface area (Å²) >= 11 is 1.42. The highest BCUT2D eigenvalue weighted by molar-refractivity contribution is 8.00. The number of methoxy groups -OCH3 is 1. The zero-order valence-corrected chi connectivity index (χ0v) is 19.1. The summed E-state index contributed by atoms with van der Waals surface area (Å²) in [6, 6.07) is 18.1. The smallest absolute Gasteiger partial charge is 0.319 e. The summed E-state index contributed by atoms with van der Waals surface area (Å²) in [4.78, 5) is 21.4. The molecule has 7 heteroatoms. The number of rotatable bonds is 8. The van der Waals surface area contributed by atoms with Crippen molar-refractivity contribution >= 4 is 28.8 Å². The Kier molecular flexibility index (Phi) is 6.75. The molecular weight excluding hydrogens is 422 g/mol. The molecule has 0 saturated carbocycles. The molecule has 164 valence electrons. The summed E-state index contributed by atoms with van der Waals surface area (Å²) in [5, 5.41) is 1.34. The highest BCUT2D eigenvalue weighted by atomic mass is 32.2. The van der Waals surface area contributed by atoms with E-state index in [4.69, 9.17) is 9.47 Å². The van der Waals surface area contributed by atoms with Gasteiger partial charge in [-0.2, -0.15) is 0 Å². The van der Waals surface area contributed by atoms with E-state index in [9.17, 15) is 4.79 Å². The van der Waals surface area contributed by atoms with Crippen LogP contribution in [0.4, 0.5) is 0 Å². The highest BCUT2D eigenvalue weighted by Gasteiger charge is 2.24. The fourth-order valence-electron chi connectivity index (χ4n) is 3.59. The normalized spacial score (nSPS) is 12.0. The Hall–Kier alpha value is -3.32. The number of aromatic nitrogens is 3. The lowest BCUT2D eigenvalue weighted by atomic mass is 10.1. The molecule has 6 nitrogen and oxygen atoms in total. The van der Waals surface area contributed by atoms with E-state index in [1.54, 1.807) is 6.33 Å². The minimum Gasteiger partial charge on any atom is -0.494 e. The molecule has 32 heavy (non-hydrogen) atoms. The Balaban J connectivity index is 1.89. The largest absolute Gasteiger partial charge is 0.494 e. The Bertz CT molecular complexity index is 1210. The summed E-state index contributed by atoms with van der Waals surface area (Å²) in [6.07, 6.45) is 4.27. The van der Waals surface area contributed by atoms with Crippen LogP contribution in [-0.2, 0) is 9.53 Å². The lowest BCUT2D eigenvalue weighted by molar-refractivity contribution is -0.140. The van der Waals surface area contributed by atoms with E-state index < -0.39 is 0 Å². The summed E-state index contributed by atoms with van der Waals surface area (Å²) in [6.45, 7) is 4.56. The first-order valence-electron chi connectivity index (χ1n) is 10.6. The summed E-state index contributed by atoms with van der Waals surface area (Å²) < 4.78 is 12.6. The van der Waals surface area contributed by atoms with Gasteiger partial charge >= 0.3 is 5.97 Å². The van der Waals surface area contributed by atoms with Gasteiger partial charge in [-0.1, -0.05) is 49.0 Å². The Morgan fingerprint density at radius 3 is 2.47 bits per heavy atom. The number of hydrogen-bond acceptors (Lipinski definition) is 6. The van der Waals surface area contributed by atoms with E-state index in [-0.39, 0.29) is 11.2 Å². The molecule has 2 aromatic heterocycles. The Morgan fingerprint density at radius 1 is 1.06 bits per heavy atom. The van der Waals surface area contributed by atoms with Crippen LogP contribution in [0.5, 0.6) is 5.75 Å². The lowest BCUT2D eigenvalue weighted by Crippen LogP contribution is -2.17. The molecule has 0 saturated heterocycles. The second kappa shape index (κ2) is 9.87. The number of ether oxygens (including phenoxy) is 2. The molecule has 0 bridgehead atoms. The van der Waals surface area contributed by atoms with E-state index in [0.29, 0.717) is 13.0 Å². The van der Waals surface area contributed by atoms with E-state index in [1.165, 1.54) is 18.9 Å². The molecule has 1 atom stereocenters. The summed E-state index contributed by atoms with van der Waals surface area (Å²) in [7, 11) is 1.42. The quantitative estimate of drug-likeness (QED) is 0.201. The number of nitrogens with zero attached hydrogens (tertiary/aromatic N) is 3. The van der Waals surface area contributed by atoms with Crippen molar-refractivity contribution in [3.05, 3.63) is 67.1 Å². The van der Waals surface area contributed by atoms with Crippen LogP contribution < -0.4 is 4.74 Å². The molecule has 0 aliphatic rings. The average molecular weight is 448 g/mol. The predicted molar refractivity (Wildman–Crippen MR) is 127 cm³/mol. The van der Waals surface area contributed by atoms with Gasteiger partial charge in [-0.25, -0.2) is 9.97 Å². The number of carbonyl (C=O) groups excluding carboxylic acids is 1. The Labute approximate surface area is 191 Å². The summed E-state index contributed by atoms with van der Waals surface area (Å²) in [5.41, 5.74) is 3.82. The van der Waals surface area contributed by atoms with Gasteiger partial charge in [0, 0.05) is 17.4 Å². The first-order chi connectivity index (χ1) is 15.7. The van der Waals surface area contributed by atoms with Crippen molar-refractivity contribution in [3.63, 3.8) is 0 Å². The SMILES string of the molecule is CCOc1ccc(-n2cc(-c3ccccc3)c3c(S[C@H](CC)C(=O)OC)ncnc32)cc1. The van der Waals surface area contributed by atoms with Crippen LogP contribution in [0, 0.1) is 0 Å². The molecule has 2 heterocycles. The zero-order valence-electron chi connectivity index (χ0n) is 18.3. The Morgan fingerprint density at radius 2 is 1.81 bits per heavy atom. The van der Waals surface area contributed by atoms with Crippen LogP contribution in [0.3, 0.4) is 0 Å². The van der Waals surface area contributed by atoms with E-state index in [1.807, 2.05) is 56.3 Å². The van der Waals surface area contributed by atoms with Gasteiger partial charge in [-0.15, -0.1) is 0 Å². The van der Waals surface area contributed by atoms with Gasteiger partial charge in [0.05, 0.1) is 19.1 Å². The second-order valence-corrected chi connectivity index (χ2v) is 8.31. The molecule has 0 aliphatic carbocycles. The number of carbonyl (C=O) groups is 1. The van der Waals surface area contributed by atoms with E-state index in [0.717, 1.165) is 38.6 Å². The molecule has 4 aromatic rings. The lowest BCUT2D eigenvalue weighted by Gasteiger charge is -2.12. The third-order valence-electron chi connectivity index (χ3n) is 5.15. The molecule has 0 aliphatic heterocycles. The molecular formula is C25H25N3O3S. The number of fused-ring (bicyclic) bond motifs is 1. The van der Waals surface area contributed by atoms with Crippen LogP contribution in [0.15, 0.2) is 72.1 Å². The molecule has 0 radical (unpaired) electrons. The van der Waals surface area contributed by atoms with Gasteiger partial charge < -0.3 is 14.0 Å². The molecule has 4 rings (SSSR count). The minimum atomic E-state index is -0.337. The summed E-state index contributed by atoms with van der Waals surface area (Å²) in [5.74, 6) is 0.571. The van der Waals surface area contributed by atoms with Gasteiger partial charge in [0.25, 0.3) is 0 Å². The first kappa shape index (κ1) is 21.9. The van der Waals surface area contributed by atoms with Crippen molar-refractivity contribution in [2.24, 2.45) is 0 Å². The van der Waals surface area contributed by atoms with Crippen LogP contribution in [-0.4, -0.2) is 39.5 Å². The number of benzene rings is 2. The van der Waals surface area contributed by atoms with Crippen LogP contribution in [0.1, 0.15) is 20.3 Å². The predicted octanol–water partition coefficient (Wildman–Crippen LogP) is 5.53. The van der Waals surface area contributed by atoms with Crippen LogP contribution >= 0.6 is 11.8 Å². The number of esters is 1. The third kappa shape index (κ3) is 4.34. The third-order valence-corrected chi connectivity index (χ3v) is 6.49. The maximum atomic E-state index is 12.2. The highest BCUT2D eigenvalue weighted by Crippen LogP contribution is 2.38. The molecule has 0 spiro atoms. The van der Waals surface area contributed by atoms with Crippen molar-refractivity contribution < 1.29 is 14.3 Å². The van der Waals surface area contributed by atoms with Crippen molar-refractivity contribution in [2.45, 2.75) is 30.5 Å². The zero-order chi connectivity index (χ0) is 22.5. The van der Waals surface area contributed by atoms with Crippen molar-refractivity contribution in [3.8, 4) is 22.6 Å².